The van der Waals surface area contributed by atoms with E-state index in [0.717, 1.165) is 16.7 Å². The zero-order chi connectivity index (χ0) is 19.0. The van der Waals surface area contributed by atoms with Gasteiger partial charge >= 0.3 is 0 Å². The molecule has 5 nitrogen and oxygen atoms in total. The van der Waals surface area contributed by atoms with Crippen LogP contribution in [0.4, 0.5) is 0 Å². The Kier molecular flexibility index (Phi) is 7.36. The lowest BCUT2D eigenvalue weighted by molar-refractivity contribution is -0.120. The van der Waals surface area contributed by atoms with E-state index in [1.54, 1.807) is 0 Å². The molecule has 0 heterocycles. The van der Waals surface area contributed by atoms with Crippen molar-refractivity contribution < 1.29 is 13.2 Å². The molecule has 0 aliphatic heterocycles. The fraction of sp³-hybridized carbons (Fsp3) is 0.350. The maximum atomic E-state index is 12.1. The number of benzene rings is 2. The highest BCUT2D eigenvalue weighted by atomic mass is 32.2. The molecule has 2 rings (SSSR count). The normalized spacial score (nSPS) is 11.5. The van der Waals surface area contributed by atoms with Gasteiger partial charge < -0.3 is 5.32 Å². The van der Waals surface area contributed by atoms with Gasteiger partial charge in [-0.05, 0) is 24.5 Å². The number of carbonyl (C=O) groups is 1. The van der Waals surface area contributed by atoms with E-state index in [1.165, 1.54) is 10.6 Å². The second-order valence-electron chi connectivity index (χ2n) is 6.41. The highest BCUT2D eigenvalue weighted by Crippen LogP contribution is 2.06. The maximum Gasteiger partial charge on any atom is 0.224 e. The van der Waals surface area contributed by atoms with Crippen LogP contribution in [-0.2, 0) is 27.7 Å². The molecule has 2 aromatic rings. The monoisotopic (exact) mass is 374 g/mol. The van der Waals surface area contributed by atoms with Crippen molar-refractivity contribution in [3.8, 4) is 0 Å². The summed E-state index contributed by atoms with van der Waals surface area (Å²) in [7, 11) is -3.32. The van der Waals surface area contributed by atoms with Gasteiger partial charge in [0.25, 0.3) is 0 Å². The highest BCUT2D eigenvalue weighted by Gasteiger charge is 2.16. The van der Waals surface area contributed by atoms with Gasteiger partial charge in [-0.3, -0.25) is 4.79 Å². The van der Waals surface area contributed by atoms with Crippen molar-refractivity contribution in [2.75, 3.05) is 25.9 Å². The number of nitrogens with one attached hydrogen (secondary N) is 1. The molecule has 26 heavy (non-hydrogen) atoms. The number of sulfonamides is 1. The van der Waals surface area contributed by atoms with Gasteiger partial charge in [0.2, 0.25) is 15.9 Å². The lowest BCUT2D eigenvalue weighted by Gasteiger charge is -2.20. The van der Waals surface area contributed by atoms with Crippen LogP contribution in [0.5, 0.6) is 0 Å². The molecule has 140 valence electrons. The van der Waals surface area contributed by atoms with E-state index < -0.39 is 10.0 Å². The third-order valence-corrected chi connectivity index (χ3v) is 5.40. The molecule has 0 fully saturated rings. The molecule has 0 aliphatic rings. The molecule has 0 atom stereocenters. The molecule has 0 bridgehead atoms. The fourth-order valence-corrected chi connectivity index (χ4v) is 3.58. The SMILES string of the molecule is Cc1cccc(CC(=O)NCCN(CCc2ccccc2)S(C)(=O)=O)c1. The first kappa shape index (κ1) is 20.1. The first-order chi connectivity index (χ1) is 12.3. The van der Waals surface area contributed by atoms with Gasteiger partial charge in [0.15, 0.2) is 0 Å². The minimum absolute atomic E-state index is 0.105. The highest BCUT2D eigenvalue weighted by molar-refractivity contribution is 7.88. The summed E-state index contributed by atoms with van der Waals surface area (Å²) in [6.45, 7) is 2.95. The van der Waals surface area contributed by atoms with Crippen LogP contribution in [0.15, 0.2) is 54.6 Å². The molecule has 2 aromatic carbocycles. The number of aryl methyl sites for hydroxylation is 1. The van der Waals surface area contributed by atoms with Crippen LogP contribution in [0.2, 0.25) is 0 Å². The summed E-state index contributed by atoms with van der Waals surface area (Å²) in [6, 6.07) is 17.6. The van der Waals surface area contributed by atoms with Crippen molar-refractivity contribution in [2.45, 2.75) is 19.8 Å². The zero-order valence-electron chi connectivity index (χ0n) is 15.3. The smallest absolute Gasteiger partial charge is 0.224 e. The van der Waals surface area contributed by atoms with E-state index >= 15 is 0 Å². The van der Waals surface area contributed by atoms with Gasteiger partial charge in [-0.15, -0.1) is 0 Å². The minimum atomic E-state index is -3.32. The summed E-state index contributed by atoms with van der Waals surface area (Å²) < 4.78 is 25.3. The van der Waals surface area contributed by atoms with Crippen LogP contribution in [-0.4, -0.2) is 44.5 Å². The van der Waals surface area contributed by atoms with Crippen molar-refractivity contribution in [2.24, 2.45) is 0 Å². The van der Waals surface area contributed by atoms with E-state index in [1.807, 2.05) is 61.5 Å². The van der Waals surface area contributed by atoms with Crippen LogP contribution in [0.3, 0.4) is 0 Å². The van der Waals surface area contributed by atoms with Crippen LogP contribution in [0.25, 0.3) is 0 Å². The van der Waals surface area contributed by atoms with Gasteiger partial charge in [-0.2, -0.15) is 0 Å². The Labute approximate surface area is 156 Å². The van der Waals surface area contributed by atoms with Crippen molar-refractivity contribution >= 4 is 15.9 Å². The molecule has 0 aliphatic carbocycles. The number of amides is 1. The van der Waals surface area contributed by atoms with Gasteiger partial charge in [0.1, 0.15) is 0 Å². The molecule has 1 amide bonds. The Morgan fingerprint density at radius 3 is 2.35 bits per heavy atom. The first-order valence-corrected chi connectivity index (χ1v) is 10.5. The molecular formula is C20H26N2O3S. The van der Waals surface area contributed by atoms with Crippen molar-refractivity contribution in [3.05, 3.63) is 71.3 Å². The third kappa shape index (κ3) is 6.98. The topological polar surface area (TPSA) is 66.5 Å². The first-order valence-electron chi connectivity index (χ1n) is 8.66. The molecule has 0 aromatic heterocycles. The van der Waals surface area contributed by atoms with Crippen LogP contribution >= 0.6 is 0 Å². The van der Waals surface area contributed by atoms with Crippen LogP contribution in [0.1, 0.15) is 16.7 Å². The number of nitrogens with zero attached hydrogens (tertiary/aromatic N) is 1. The number of hydrogen-bond donors (Lipinski definition) is 1. The van der Waals surface area contributed by atoms with Crippen LogP contribution < -0.4 is 5.32 Å². The Morgan fingerprint density at radius 1 is 1.00 bits per heavy atom. The minimum Gasteiger partial charge on any atom is -0.354 e. The molecule has 0 saturated carbocycles. The molecule has 1 N–H and O–H groups in total. The molecule has 0 radical (unpaired) electrons. The molecule has 6 heteroatoms. The van der Waals surface area contributed by atoms with E-state index in [-0.39, 0.29) is 12.5 Å². The predicted molar refractivity (Wildman–Crippen MR) is 104 cm³/mol. The van der Waals surface area contributed by atoms with Crippen molar-refractivity contribution in [1.82, 2.24) is 9.62 Å². The number of carbonyl (C=O) groups excluding carboxylic acids is 1. The van der Waals surface area contributed by atoms with E-state index in [9.17, 15) is 13.2 Å². The molecule has 0 spiro atoms. The predicted octanol–water partition coefficient (Wildman–Crippen LogP) is 2.16. The van der Waals surface area contributed by atoms with Crippen molar-refractivity contribution in [3.63, 3.8) is 0 Å². The van der Waals surface area contributed by atoms with Crippen LogP contribution in [0, 0.1) is 6.92 Å². The molecule has 0 unspecified atom stereocenters. The summed E-state index contributed by atoms with van der Waals surface area (Å²) in [5.41, 5.74) is 3.15. The number of rotatable bonds is 9. The van der Waals surface area contributed by atoms with Gasteiger partial charge in [0.05, 0.1) is 12.7 Å². The van der Waals surface area contributed by atoms with E-state index in [0.29, 0.717) is 25.9 Å². The lowest BCUT2D eigenvalue weighted by atomic mass is 10.1. The Hall–Kier alpha value is -2.18. The zero-order valence-corrected chi connectivity index (χ0v) is 16.1. The summed E-state index contributed by atoms with van der Waals surface area (Å²) >= 11 is 0. The quantitative estimate of drug-likeness (QED) is 0.731. The largest absolute Gasteiger partial charge is 0.354 e. The summed E-state index contributed by atoms with van der Waals surface area (Å²) in [5, 5.41) is 2.81. The average molecular weight is 375 g/mol. The lowest BCUT2D eigenvalue weighted by Crippen LogP contribution is -2.39. The second-order valence-corrected chi connectivity index (χ2v) is 8.40. The standard InChI is InChI=1S/C20H26N2O3S/c1-17-7-6-10-19(15-17)16-20(23)21-12-14-22(26(2,24)25)13-11-18-8-4-3-5-9-18/h3-10,15H,11-14,16H2,1-2H3,(H,21,23). The summed E-state index contributed by atoms with van der Waals surface area (Å²) in [5.74, 6) is -0.105. The van der Waals surface area contributed by atoms with Gasteiger partial charge in [0, 0.05) is 19.6 Å². The number of hydrogen-bond acceptors (Lipinski definition) is 3. The average Bonchev–Trinajstić information content (AvgIpc) is 2.57. The Bertz CT molecular complexity index is 820. The maximum absolute atomic E-state index is 12.1. The molecule has 0 saturated heterocycles. The van der Waals surface area contributed by atoms with E-state index in [2.05, 4.69) is 5.32 Å². The second kappa shape index (κ2) is 9.50. The summed E-state index contributed by atoms with van der Waals surface area (Å²) in [4.78, 5) is 12.1. The van der Waals surface area contributed by atoms with Gasteiger partial charge in [-0.25, -0.2) is 12.7 Å². The Morgan fingerprint density at radius 2 is 1.69 bits per heavy atom. The fourth-order valence-electron chi connectivity index (χ4n) is 2.73. The molecular weight excluding hydrogens is 348 g/mol. The van der Waals surface area contributed by atoms with Gasteiger partial charge in [-0.1, -0.05) is 60.2 Å². The Balaban J connectivity index is 1.82. The third-order valence-electron chi connectivity index (χ3n) is 4.09. The van der Waals surface area contributed by atoms with E-state index in [4.69, 9.17) is 0 Å². The summed E-state index contributed by atoms with van der Waals surface area (Å²) in [6.07, 6.45) is 2.14. The van der Waals surface area contributed by atoms with Crippen molar-refractivity contribution in [1.29, 1.82) is 0 Å².